The lowest BCUT2D eigenvalue weighted by atomic mass is 10.0. The van der Waals surface area contributed by atoms with Crippen LogP contribution in [0.3, 0.4) is 0 Å². The molecule has 1 aromatic heterocycles. The van der Waals surface area contributed by atoms with Crippen LogP contribution in [0.5, 0.6) is 0 Å². The van der Waals surface area contributed by atoms with Crippen molar-refractivity contribution in [2.45, 2.75) is 39.8 Å². The SMILES string of the molecule is CCc1nnc(N(CC)CC(F)(F)F)c(C(N)=S)c1CC. The lowest BCUT2D eigenvalue weighted by Gasteiger charge is -2.26. The van der Waals surface area contributed by atoms with Gasteiger partial charge in [-0.3, -0.25) is 0 Å². The molecule has 118 valence electrons. The van der Waals surface area contributed by atoms with Crippen LogP contribution in [0, 0.1) is 0 Å². The summed E-state index contributed by atoms with van der Waals surface area (Å²) in [5.74, 6) is 0.108. The summed E-state index contributed by atoms with van der Waals surface area (Å²) in [6.45, 7) is 4.44. The van der Waals surface area contributed by atoms with Gasteiger partial charge in [-0.15, -0.1) is 5.10 Å². The second kappa shape index (κ2) is 7.02. The Morgan fingerprint density at radius 1 is 1.19 bits per heavy atom. The molecule has 1 rings (SSSR count). The fourth-order valence-electron chi connectivity index (χ4n) is 2.20. The fourth-order valence-corrected chi connectivity index (χ4v) is 2.41. The predicted octanol–water partition coefficient (Wildman–Crippen LogP) is 2.62. The minimum atomic E-state index is -4.33. The Labute approximate surface area is 127 Å². The first-order chi connectivity index (χ1) is 9.75. The van der Waals surface area contributed by atoms with E-state index in [1.54, 1.807) is 6.92 Å². The van der Waals surface area contributed by atoms with Crippen LogP contribution < -0.4 is 10.6 Å². The summed E-state index contributed by atoms with van der Waals surface area (Å²) in [5.41, 5.74) is 7.62. The number of nitrogens with two attached hydrogens (primary N) is 1. The number of alkyl halides is 3. The molecule has 0 aliphatic heterocycles. The molecular weight excluding hydrogens is 301 g/mol. The number of hydrogen-bond donors (Lipinski definition) is 1. The Morgan fingerprint density at radius 2 is 1.81 bits per heavy atom. The quantitative estimate of drug-likeness (QED) is 0.817. The van der Waals surface area contributed by atoms with Crippen LogP contribution >= 0.6 is 12.2 Å². The Bertz CT molecular complexity index is 517. The van der Waals surface area contributed by atoms with E-state index in [0.29, 0.717) is 24.1 Å². The predicted molar refractivity (Wildman–Crippen MR) is 80.6 cm³/mol. The van der Waals surface area contributed by atoms with Crippen LogP contribution in [-0.4, -0.2) is 34.5 Å². The monoisotopic (exact) mass is 320 g/mol. The molecule has 0 radical (unpaired) electrons. The van der Waals surface area contributed by atoms with Crippen LogP contribution in [0.1, 0.15) is 37.6 Å². The number of nitrogens with zero attached hydrogens (tertiary/aromatic N) is 3. The van der Waals surface area contributed by atoms with Gasteiger partial charge in [-0.05, 0) is 25.3 Å². The minimum Gasteiger partial charge on any atom is -0.389 e. The number of anilines is 1. The number of aryl methyl sites for hydroxylation is 1. The zero-order valence-corrected chi connectivity index (χ0v) is 13.1. The zero-order valence-electron chi connectivity index (χ0n) is 12.3. The maximum absolute atomic E-state index is 12.7. The van der Waals surface area contributed by atoms with Crippen molar-refractivity contribution in [3.63, 3.8) is 0 Å². The molecule has 0 spiro atoms. The van der Waals surface area contributed by atoms with Gasteiger partial charge in [0.25, 0.3) is 0 Å². The molecule has 21 heavy (non-hydrogen) atoms. The molecule has 0 aromatic carbocycles. The fraction of sp³-hybridized carbons (Fsp3) is 0.615. The standard InChI is InChI=1S/C13H19F3N4S/c1-4-8-9(5-2)18-19-12(10(8)11(17)21)20(6-3)7-13(14,15)16/h4-7H2,1-3H3,(H2,17,21). The normalized spacial score (nSPS) is 11.5. The lowest BCUT2D eigenvalue weighted by Crippen LogP contribution is -2.37. The van der Waals surface area contributed by atoms with E-state index in [1.165, 1.54) is 0 Å². The molecule has 0 saturated carbocycles. The summed E-state index contributed by atoms with van der Waals surface area (Å²) in [6.07, 6.45) is -3.12. The highest BCUT2D eigenvalue weighted by Crippen LogP contribution is 2.27. The molecule has 8 heteroatoms. The molecule has 0 atom stereocenters. The number of aromatic nitrogens is 2. The van der Waals surface area contributed by atoms with Crippen molar-refractivity contribution >= 4 is 23.0 Å². The molecule has 2 N–H and O–H groups in total. The van der Waals surface area contributed by atoms with E-state index in [9.17, 15) is 13.2 Å². The molecule has 0 unspecified atom stereocenters. The van der Waals surface area contributed by atoms with Crippen LogP contribution in [0.15, 0.2) is 0 Å². The van der Waals surface area contributed by atoms with Gasteiger partial charge in [0.15, 0.2) is 5.82 Å². The molecule has 0 bridgehead atoms. The smallest absolute Gasteiger partial charge is 0.389 e. The van der Waals surface area contributed by atoms with Crippen LogP contribution in [0.4, 0.5) is 19.0 Å². The molecule has 1 heterocycles. The highest BCUT2D eigenvalue weighted by Gasteiger charge is 2.32. The summed E-state index contributed by atoms with van der Waals surface area (Å²) in [7, 11) is 0. The number of thiocarbonyl (C=S) groups is 1. The van der Waals surface area contributed by atoms with Gasteiger partial charge in [-0.25, -0.2) is 0 Å². The van der Waals surface area contributed by atoms with E-state index in [-0.39, 0.29) is 17.4 Å². The van der Waals surface area contributed by atoms with Crippen molar-refractivity contribution in [2.24, 2.45) is 5.73 Å². The summed E-state index contributed by atoms with van der Waals surface area (Å²) < 4.78 is 38.1. The van der Waals surface area contributed by atoms with Crippen LogP contribution in [-0.2, 0) is 12.8 Å². The highest BCUT2D eigenvalue weighted by atomic mass is 32.1. The Kier molecular flexibility index (Phi) is 5.88. The minimum absolute atomic E-state index is 0.0482. The van der Waals surface area contributed by atoms with Gasteiger partial charge in [-0.2, -0.15) is 18.3 Å². The second-order valence-electron chi connectivity index (χ2n) is 4.52. The number of hydrogen-bond acceptors (Lipinski definition) is 4. The van der Waals surface area contributed by atoms with E-state index < -0.39 is 12.7 Å². The Balaban J connectivity index is 3.43. The van der Waals surface area contributed by atoms with Crippen molar-refractivity contribution in [2.75, 3.05) is 18.0 Å². The van der Waals surface area contributed by atoms with Crippen molar-refractivity contribution < 1.29 is 13.2 Å². The van der Waals surface area contributed by atoms with E-state index >= 15 is 0 Å². The van der Waals surface area contributed by atoms with Gasteiger partial charge in [0.05, 0.1) is 11.3 Å². The van der Waals surface area contributed by atoms with Crippen molar-refractivity contribution in [3.05, 3.63) is 16.8 Å². The van der Waals surface area contributed by atoms with Gasteiger partial charge in [0.2, 0.25) is 0 Å². The summed E-state index contributed by atoms with van der Waals surface area (Å²) >= 11 is 5.02. The average molecular weight is 320 g/mol. The maximum Gasteiger partial charge on any atom is 0.405 e. The summed E-state index contributed by atoms with van der Waals surface area (Å²) in [4.78, 5) is 1.15. The third-order valence-electron chi connectivity index (χ3n) is 3.13. The summed E-state index contributed by atoms with van der Waals surface area (Å²) in [6, 6.07) is 0. The first-order valence-electron chi connectivity index (χ1n) is 6.75. The second-order valence-corrected chi connectivity index (χ2v) is 4.96. The molecule has 0 saturated heterocycles. The van der Waals surface area contributed by atoms with Crippen LogP contribution in [0.25, 0.3) is 0 Å². The maximum atomic E-state index is 12.7. The Hall–Kier alpha value is -1.44. The average Bonchev–Trinajstić information content (AvgIpc) is 2.41. The molecule has 0 aliphatic carbocycles. The first-order valence-corrected chi connectivity index (χ1v) is 7.15. The molecule has 0 aliphatic rings. The number of halogens is 3. The van der Waals surface area contributed by atoms with Crippen molar-refractivity contribution in [1.29, 1.82) is 0 Å². The number of rotatable bonds is 6. The lowest BCUT2D eigenvalue weighted by molar-refractivity contribution is -0.119. The van der Waals surface area contributed by atoms with Crippen molar-refractivity contribution in [1.82, 2.24) is 10.2 Å². The highest BCUT2D eigenvalue weighted by molar-refractivity contribution is 7.80. The molecule has 0 amide bonds. The van der Waals surface area contributed by atoms with E-state index in [0.717, 1.165) is 10.5 Å². The molecule has 1 aromatic rings. The third-order valence-corrected chi connectivity index (χ3v) is 3.33. The third kappa shape index (κ3) is 4.26. The van der Waals surface area contributed by atoms with Gasteiger partial charge in [0.1, 0.15) is 11.5 Å². The van der Waals surface area contributed by atoms with Crippen molar-refractivity contribution in [3.8, 4) is 0 Å². The summed E-state index contributed by atoms with van der Waals surface area (Å²) in [5, 5.41) is 7.98. The largest absolute Gasteiger partial charge is 0.405 e. The van der Waals surface area contributed by atoms with E-state index in [2.05, 4.69) is 10.2 Å². The van der Waals surface area contributed by atoms with Gasteiger partial charge in [0, 0.05) is 6.54 Å². The first kappa shape index (κ1) is 17.6. The molecule has 4 nitrogen and oxygen atoms in total. The zero-order chi connectivity index (χ0) is 16.2. The Morgan fingerprint density at radius 3 is 2.19 bits per heavy atom. The van der Waals surface area contributed by atoms with Crippen LogP contribution in [0.2, 0.25) is 0 Å². The van der Waals surface area contributed by atoms with Gasteiger partial charge >= 0.3 is 6.18 Å². The van der Waals surface area contributed by atoms with E-state index in [4.69, 9.17) is 18.0 Å². The van der Waals surface area contributed by atoms with Gasteiger partial charge < -0.3 is 10.6 Å². The topological polar surface area (TPSA) is 55.0 Å². The molecule has 0 fully saturated rings. The van der Waals surface area contributed by atoms with E-state index in [1.807, 2.05) is 13.8 Å². The van der Waals surface area contributed by atoms with Gasteiger partial charge in [-0.1, -0.05) is 26.1 Å². The molecular formula is C13H19F3N4S.